The quantitative estimate of drug-likeness (QED) is 0.838. The monoisotopic (exact) mass is 320 g/mol. The summed E-state index contributed by atoms with van der Waals surface area (Å²) >= 11 is 12.3. The fourth-order valence-corrected chi connectivity index (χ4v) is 3.65. The number of aliphatic hydroxyl groups is 1. The Hall–Kier alpha value is -1.02. The number of hydrogen-bond donors (Lipinski definition) is 1. The van der Waals surface area contributed by atoms with Crippen molar-refractivity contribution in [2.24, 2.45) is 0 Å². The first-order valence-corrected chi connectivity index (χ1v) is 8.05. The second-order valence-corrected chi connectivity index (χ2v) is 6.59. The van der Waals surface area contributed by atoms with Crippen LogP contribution < -0.4 is 0 Å². The van der Waals surface area contributed by atoms with Gasteiger partial charge in [0.2, 0.25) is 0 Å². The minimum absolute atomic E-state index is 0.132. The van der Waals surface area contributed by atoms with Crippen LogP contribution in [0, 0.1) is 0 Å². The van der Waals surface area contributed by atoms with Crippen molar-refractivity contribution in [3.63, 3.8) is 0 Å². The number of rotatable bonds is 4. The van der Waals surface area contributed by atoms with E-state index in [1.807, 2.05) is 30.3 Å². The van der Waals surface area contributed by atoms with Gasteiger partial charge in [0.1, 0.15) is 0 Å². The Labute approximate surface area is 135 Å². The standard InChI is InChI=1S/C18H18Cl2O/c19-15-9-4-6-13(17(15)20)12-16(21)18(10-5-11-18)14-7-2-1-3-8-14/h1-4,6-9,16,21H,5,10-12H2. The third kappa shape index (κ3) is 2.70. The predicted molar refractivity (Wildman–Crippen MR) is 88.1 cm³/mol. The van der Waals surface area contributed by atoms with Gasteiger partial charge in [0.15, 0.2) is 0 Å². The molecule has 1 nitrogen and oxygen atoms in total. The molecule has 1 saturated carbocycles. The molecule has 2 aromatic rings. The zero-order chi connectivity index (χ0) is 14.9. The van der Waals surface area contributed by atoms with E-state index >= 15 is 0 Å². The maximum Gasteiger partial charge on any atom is 0.0677 e. The van der Waals surface area contributed by atoms with Crippen LogP contribution in [0.4, 0.5) is 0 Å². The molecule has 0 spiro atoms. The van der Waals surface area contributed by atoms with Crippen molar-refractivity contribution in [1.29, 1.82) is 0 Å². The molecule has 1 fully saturated rings. The minimum Gasteiger partial charge on any atom is -0.392 e. The molecule has 0 radical (unpaired) electrons. The van der Waals surface area contributed by atoms with E-state index in [2.05, 4.69) is 12.1 Å². The zero-order valence-corrected chi connectivity index (χ0v) is 13.2. The van der Waals surface area contributed by atoms with E-state index in [-0.39, 0.29) is 5.41 Å². The summed E-state index contributed by atoms with van der Waals surface area (Å²) in [5.41, 5.74) is 2.01. The molecule has 1 unspecified atom stereocenters. The fraction of sp³-hybridized carbons (Fsp3) is 0.333. The third-order valence-electron chi connectivity index (χ3n) is 4.68. The Morgan fingerprint density at radius 1 is 1.00 bits per heavy atom. The van der Waals surface area contributed by atoms with E-state index in [0.29, 0.717) is 16.5 Å². The van der Waals surface area contributed by atoms with Crippen molar-refractivity contribution < 1.29 is 5.11 Å². The van der Waals surface area contributed by atoms with Gasteiger partial charge in [-0.15, -0.1) is 0 Å². The molecule has 110 valence electrons. The summed E-state index contributed by atoms with van der Waals surface area (Å²) in [6, 6.07) is 15.9. The summed E-state index contributed by atoms with van der Waals surface area (Å²) in [5, 5.41) is 11.9. The lowest BCUT2D eigenvalue weighted by atomic mass is 9.60. The first-order valence-electron chi connectivity index (χ1n) is 7.30. The van der Waals surface area contributed by atoms with Crippen LogP contribution in [-0.4, -0.2) is 11.2 Å². The minimum atomic E-state index is -0.440. The summed E-state index contributed by atoms with van der Waals surface area (Å²) in [6.07, 6.45) is 3.31. The Bertz CT molecular complexity index is 620. The zero-order valence-electron chi connectivity index (χ0n) is 11.7. The van der Waals surface area contributed by atoms with E-state index in [9.17, 15) is 5.11 Å². The molecule has 2 aromatic carbocycles. The van der Waals surface area contributed by atoms with Crippen LogP contribution in [0.2, 0.25) is 10.0 Å². The lowest BCUT2D eigenvalue weighted by Gasteiger charge is -2.46. The average Bonchev–Trinajstić information content (AvgIpc) is 2.44. The molecule has 1 N–H and O–H groups in total. The molecule has 3 rings (SSSR count). The molecule has 0 heterocycles. The van der Waals surface area contributed by atoms with Crippen LogP contribution in [0.1, 0.15) is 30.4 Å². The summed E-state index contributed by atoms with van der Waals surface area (Å²) < 4.78 is 0. The van der Waals surface area contributed by atoms with Crippen LogP contribution in [0.15, 0.2) is 48.5 Å². The van der Waals surface area contributed by atoms with Gasteiger partial charge in [-0.1, -0.05) is 72.1 Å². The van der Waals surface area contributed by atoms with Gasteiger partial charge in [0.25, 0.3) is 0 Å². The highest BCUT2D eigenvalue weighted by molar-refractivity contribution is 6.42. The first kappa shape index (κ1) is 14.9. The number of hydrogen-bond acceptors (Lipinski definition) is 1. The molecule has 0 aromatic heterocycles. The smallest absolute Gasteiger partial charge is 0.0677 e. The fourth-order valence-electron chi connectivity index (χ4n) is 3.25. The molecule has 0 bridgehead atoms. The number of halogens is 2. The van der Waals surface area contributed by atoms with Gasteiger partial charge >= 0.3 is 0 Å². The molecule has 1 atom stereocenters. The van der Waals surface area contributed by atoms with Crippen LogP contribution in [0.3, 0.4) is 0 Å². The van der Waals surface area contributed by atoms with Crippen LogP contribution in [0.5, 0.6) is 0 Å². The van der Waals surface area contributed by atoms with E-state index in [4.69, 9.17) is 23.2 Å². The van der Waals surface area contributed by atoms with Crippen molar-refractivity contribution in [3.05, 3.63) is 69.7 Å². The normalized spacial score (nSPS) is 18.0. The average molecular weight is 321 g/mol. The number of benzene rings is 2. The first-order chi connectivity index (χ1) is 10.1. The SMILES string of the molecule is OC(Cc1cccc(Cl)c1Cl)C1(c2ccccc2)CCC1. The van der Waals surface area contributed by atoms with Crippen molar-refractivity contribution >= 4 is 23.2 Å². The Balaban J connectivity index is 1.87. The van der Waals surface area contributed by atoms with Gasteiger partial charge in [-0.2, -0.15) is 0 Å². The molecular weight excluding hydrogens is 303 g/mol. The summed E-state index contributed by atoms with van der Waals surface area (Å²) in [4.78, 5) is 0. The molecule has 0 aliphatic heterocycles. The molecule has 1 aliphatic rings. The topological polar surface area (TPSA) is 20.2 Å². The van der Waals surface area contributed by atoms with Gasteiger partial charge in [-0.25, -0.2) is 0 Å². The Morgan fingerprint density at radius 3 is 2.33 bits per heavy atom. The van der Waals surface area contributed by atoms with Gasteiger partial charge in [-0.3, -0.25) is 0 Å². The summed E-state index contributed by atoms with van der Waals surface area (Å²) in [7, 11) is 0. The van der Waals surface area contributed by atoms with Crippen molar-refractivity contribution in [2.45, 2.75) is 37.2 Å². The lowest BCUT2D eigenvalue weighted by Crippen LogP contribution is -2.46. The van der Waals surface area contributed by atoms with Gasteiger partial charge in [0, 0.05) is 11.8 Å². The molecular formula is C18H18Cl2O. The van der Waals surface area contributed by atoms with Gasteiger partial charge < -0.3 is 5.11 Å². The Kier molecular flexibility index (Phi) is 4.26. The van der Waals surface area contributed by atoms with Gasteiger partial charge in [-0.05, 0) is 30.0 Å². The van der Waals surface area contributed by atoms with Crippen LogP contribution in [0.25, 0.3) is 0 Å². The maximum atomic E-state index is 10.8. The molecule has 0 saturated heterocycles. The third-order valence-corrected chi connectivity index (χ3v) is 5.54. The Morgan fingerprint density at radius 2 is 1.71 bits per heavy atom. The van der Waals surface area contributed by atoms with Crippen LogP contribution in [-0.2, 0) is 11.8 Å². The van der Waals surface area contributed by atoms with Crippen molar-refractivity contribution in [1.82, 2.24) is 0 Å². The highest BCUT2D eigenvalue weighted by Crippen LogP contribution is 2.47. The van der Waals surface area contributed by atoms with Crippen molar-refractivity contribution in [3.8, 4) is 0 Å². The molecule has 3 heteroatoms. The van der Waals surface area contributed by atoms with E-state index in [0.717, 1.165) is 24.8 Å². The van der Waals surface area contributed by atoms with E-state index < -0.39 is 6.10 Å². The summed E-state index contributed by atoms with van der Waals surface area (Å²) in [5.74, 6) is 0. The van der Waals surface area contributed by atoms with Crippen LogP contribution >= 0.6 is 23.2 Å². The summed E-state index contributed by atoms with van der Waals surface area (Å²) in [6.45, 7) is 0. The predicted octanol–water partition coefficient (Wildman–Crippen LogP) is 5.02. The largest absolute Gasteiger partial charge is 0.392 e. The van der Waals surface area contributed by atoms with Gasteiger partial charge in [0.05, 0.1) is 16.1 Å². The van der Waals surface area contributed by atoms with Crippen molar-refractivity contribution in [2.75, 3.05) is 0 Å². The lowest BCUT2D eigenvalue weighted by molar-refractivity contribution is 0.0286. The molecule has 21 heavy (non-hydrogen) atoms. The molecule has 1 aliphatic carbocycles. The second-order valence-electron chi connectivity index (χ2n) is 5.81. The molecule has 0 amide bonds. The van der Waals surface area contributed by atoms with E-state index in [1.165, 1.54) is 5.56 Å². The highest BCUT2D eigenvalue weighted by Gasteiger charge is 2.44. The number of aliphatic hydroxyl groups excluding tert-OH is 1. The maximum absolute atomic E-state index is 10.8. The second kappa shape index (κ2) is 6.00. The highest BCUT2D eigenvalue weighted by atomic mass is 35.5. The van der Waals surface area contributed by atoms with E-state index in [1.54, 1.807) is 6.07 Å².